The largest absolute Gasteiger partial charge is 0.329 e. The van der Waals surface area contributed by atoms with Gasteiger partial charge in [0.25, 0.3) is 0 Å². The van der Waals surface area contributed by atoms with Crippen molar-refractivity contribution in [1.82, 2.24) is 4.90 Å². The van der Waals surface area contributed by atoms with Crippen LogP contribution in [0.2, 0.25) is 0 Å². The Balaban J connectivity index is 1.90. The van der Waals surface area contributed by atoms with E-state index >= 15 is 0 Å². The summed E-state index contributed by atoms with van der Waals surface area (Å²) in [4.78, 5) is 2.73. The second-order valence-electron chi connectivity index (χ2n) is 6.50. The quantitative estimate of drug-likeness (QED) is 0.819. The summed E-state index contributed by atoms with van der Waals surface area (Å²) in [7, 11) is 0. The van der Waals surface area contributed by atoms with E-state index in [9.17, 15) is 0 Å². The Bertz CT molecular complexity index is 229. The van der Waals surface area contributed by atoms with E-state index in [0.29, 0.717) is 6.04 Å². The van der Waals surface area contributed by atoms with Gasteiger partial charge in [-0.2, -0.15) is 0 Å². The number of hydrogen-bond acceptors (Lipinski definition) is 2. The fourth-order valence-electron chi connectivity index (χ4n) is 3.95. The third-order valence-corrected chi connectivity index (χ3v) is 4.98. The molecule has 0 aromatic carbocycles. The fraction of sp³-hybridized carbons (Fsp3) is 1.00. The van der Waals surface area contributed by atoms with E-state index in [0.717, 1.165) is 24.4 Å². The number of nitrogens with two attached hydrogens (primary N) is 1. The molecule has 0 aromatic rings. The van der Waals surface area contributed by atoms with Crippen molar-refractivity contribution in [3.8, 4) is 0 Å². The van der Waals surface area contributed by atoms with Gasteiger partial charge in [0.1, 0.15) is 0 Å². The summed E-state index contributed by atoms with van der Waals surface area (Å²) in [5.74, 6) is 1.89. The third-order valence-electron chi connectivity index (χ3n) is 4.98. The van der Waals surface area contributed by atoms with Crippen LogP contribution in [-0.4, -0.2) is 30.1 Å². The van der Waals surface area contributed by atoms with Crippen LogP contribution in [0.1, 0.15) is 58.8 Å². The monoisotopic (exact) mass is 238 g/mol. The molecule has 4 atom stereocenters. The molecule has 2 nitrogen and oxygen atoms in total. The zero-order valence-electron chi connectivity index (χ0n) is 11.7. The molecule has 1 heterocycles. The Labute approximate surface area is 107 Å². The molecule has 1 saturated heterocycles. The number of nitrogens with zero attached hydrogens (tertiary/aromatic N) is 1. The minimum atomic E-state index is 0.663. The Morgan fingerprint density at radius 3 is 2.53 bits per heavy atom. The van der Waals surface area contributed by atoms with Crippen LogP contribution in [0.3, 0.4) is 0 Å². The molecule has 0 spiro atoms. The van der Waals surface area contributed by atoms with E-state index in [1.165, 1.54) is 51.5 Å². The van der Waals surface area contributed by atoms with E-state index in [2.05, 4.69) is 18.7 Å². The van der Waals surface area contributed by atoms with Crippen LogP contribution in [0, 0.1) is 11.8 Å². The number of piperidine rings is 1. The molecule has 0 amide bonds. The Morgan fingerprint density at radius 1 is 1.06 bits per heavy atom. The number of hydrogen-bond donors (Lipinski definition) is 1. The minimum Gasteiger partial charge on any atom is -0.329 e. The molecule has 1 aliphatic heterocycles. The molecular formula is C15H30N2. The van der Waals surface area contributed by atoms with Crippen LogP contribution in [0.4, 0.5) is 0 Å². The van der Waals surface area contributed by atoms with Crippen molar-refractivity contribution in [1.29, 1.82) is 0 Å². The average molecular weight is 238 g/mol. The van der Waals surface area contributed by atoms with Crippen LogP contribution in [0.25, 0.3) is 0 Å². The molecule has 2 N–H and O–H groups in total. The standard InChI is InChI=1S/C15H30N2/c1-12-5-3-7-14(9-12)11-17-13(2)6-4-8-15(17)10-16/h12-15H,3-11,16H2,1-2H3. The summed E-state index contributed by atoms with van der Waals surface area (Å²) >= 11 is 0. The lowest BCUT2D eigenvalue weighted by atomic mass is 9.81. The molecule has 0 bridgehead atoms. The molecule has 100 valence electrons. The highest BCUT2D eigenvalue weighted by Gasteiger charge is 2.30. The van der Waals surface area contributed by atoms with E-state index in [1.807, 2.05) is 0 Å². The highest BCUT2D eigenvalue weighted by molar-refractivity contribution is 4.85. The average Bonchev–Trinajstić information content (AvgIpc) is 2.32. The van der Waals surface area contributed by atoms with E-state index in [4.69, 9.17) is 5.73 Å². The zero-order chi connectivity index (χ0) is 12.3. The van der Waals surface area contributed by atoms with Gasteiger partial charge in [0.15, 0.2) is 0 Å². The van der Waals surface area contributed by atoms with E-state index in [1.54, 1.807) is 0 Å². The van der Waals surface area contributed by atoms with Gasteiger partial charge in [0.05, 0.1) is 0 Å². The van der Waals surface area contributed by atoms with Gasteiger partial charge in [-0.15, -0.1) is 0 Å². The highest BCUT2D eigenvalue weighted by Crippen LogP contribution is 2.32. The summed E-state index contributed by atoms with van der Waals surface area (Å²) in [6.07, 6.45) is 9.86. The molecule has 0 aromatic heterocycles. The Hall–Kier alpha value is -0.0800. The third kappa shape index (κ3) is 3.45. The van der Waals surface area contributed by atoms with Gasteiger partial charge in [-0.3, -0.25) is 4.90 Å². The molecule has 1 aliphatic carbocycles. The van der Waals surface area contributed by atoms with Gasteiger partial charge < -0.3 is 5.73 Å². The summed E-state index contributed by atoms with van der Waals surface area (Å²) in [6, 6.07) is 1.42. The molecule has 0 radical (unpaired) electrons. The van der Waals surface area contributed by atoms with Crippen molar-refractivity contribution in [2.75, 3.05) is 13.1 Å². The molecule has 4 unspecified atom stereocenters. The molecule has 2 fully saturated rings. The van der Waals surface area contributed by atoms with Crippen LogP contribution < -0.4 is 5.73 Å². The van der Waals surface area contributed by atoms with Crippen LogP contribution in [0.15, 0.2) is 0 Å². The van der Waals surface area contributed by atoms with E-state index < -0.39 is 0 Å². The first kappa shape index (κ1) is 13.4. The normalized spacial score (nSPS) is 40.4. The predicted molar refractivity (Wildman–Crippen MR) is 74.0 cm³/mol. The summed E-state index contributed by atoms with van der Waals surface area (Å²) < 4.78 is 0. The van der Waals surface area contributed by atoms with Crippen LogP contribution >= 0.6 is 0 Å². The van der Waals surface area contributed by atoms with Crippen molar-refractivity contribution >= 4 is 0 Å². The van der Waals surface area contributed by atoms with Crippen LogP contribution in [0.5, 0.6) is 0 Å². The second kappa shape index (κ2) is 6.19. The summed E-state index contributed by atoms with van der Waals surface area (Å²) in [5.41, 5.74) is 5.95. The lowest BCUT2D eigenvalue weighted by molar-refractivity contribution is 0.0652. The molecule has 17 heavy (non-hydrogen) atoms. The van der Waals surface area contributed by atoms with Crippen molar-refractivity contribution < 1.29 is 0 Å². The summed E-state index contributed by atoms with van der Waals surface area (Å²) in [6.45, 7) is 6.99. The van der Waals surface area contributed by atoms with Gasteiger partial charge in [0.2, 0.25) is 0 Å². The Morgan fingerprint density at radius 2 is 1.82 bits per heavy atom. The van der Waals surface area contributed by atoms with Crippen molar-refractivity contribution in [2.45, 2.75) is 70.9 Å². The van der Waals surface area contributed by atoms with Gasteiger partial charge in [-0.25, -0.2) is 0 Å². The maximum Gasteiger partial charge on any atom is 0.0221 e. The summed E-state index contributed by atoms with van der Waals surface area (Å²) in [5, 5.41) is 0. The van der Waals surface area contributed by atoms with Crippen molar-refractivity contribution in [3.63, 3.8) is 0 Å². The van der Waals surface area contributed by atoms with Crippen molar-refractivity contribution in [2.24, 2.45) is 17.6 Å². The molecule has 2 heteroatoms. The van der Waals surface area contributed by atoms with E-state index in [-0.39, 0.29) is 0 Å². The Kier molecular flexibility index (Phi) is 4.87. The van der Waals surface area contributed by atoms with Gasteiger partial charge >= 0.3 is 0 Å². The SMILES string of the molecule is CC1CCCC(CN2C(C)CCCC2CN)C1. The van der Waals surface area contributed by atoms with Gasteiger partial charge in [-0.1, -0.05) is 26.2 Å². The zero-order valence-corrected chi connectivity index (χ0v) is 11.7. The predicted octanol–water partition coefficient (Wildman–Crippen LogP) is 3.01. The lowest BCUT2D eigenvalue weighted by Gasteiger charge is -2.43. The second-order valence-corrected chi connectivity index (χ2v) is 6.50. The number of likely N-dealkylation sites (tertiary alicyclic amines) is 1. The first-order valence-corrected chi connectivity index (χ1v) is 7.66. The molecule has 2 aliphatic rings. The van der Waals surface area contributed by atoms with Crippen molar-refractivity contribution in [3.05, 3.63) is 0 Å². The maximum absolute atomic E-state index is 5.95. The smallest absolute Gasteiger partial charge is 0.0221 e. The molecule has 1 saturated carbocycles. The molecule has 2 rings (SSSR count). The maximum atomic E-state index is 5.95. The topological polar surface area (TPSA) is 29.3 Å². The highest BCUT2D eigenvalue weighted by atomic mass is 15.2. The van der Waals surface area contributed by atoms with Crippen LogP contribution in [-0.2, 0) is 0 Å². The first-order chi connectivity index (χ1) is 8.20. The van der Waals surface area contributed by atoms with Gasteiger partial charge in [0, 0.05) is 25.2 Å². The minimum absolute atomic E-state index is 0.663. The van der Waals surface area contributed by atoms with Gasteiger partial charge in [-0.05, 0) is 44.4 Å². The lowest BCUT2D eigenvalue weighted by Crippen LogP contribution is -2.50. The fourth-order valence-corrected chi connectivity index (χ4v) is 3.95. The molecular weight excluding hydrogens is 208 g/mol. The first-order valence-electron chi connectivity index (χ1n) is 7.66. The number of rotatable bonds is 3.